The van der Waals surface area contributed by atoms with E-state index in [1.165, 1.54) is 0 Å². The van der Waals surface area contributed by atoms with E-state index in [0.717, 1.165) is 23.6 Å². The molecule has 0 aromatic rings. The molecule has 78 valence electrons. The lowest BCUT2D eigenvalue weighted by atomic mass is 9.78. The van der Waals surface area contributed by atoms with Crippen LogP contribution in [0, 0.1) is 17.8 Å². The monoisotopic (exact) mass is 235 g/mol. The summed E-state index contributed by atoms with van der Waals surface area (Å²) in [5, 5.41) is 0. The van der Waals surface area contributed by atoms with Crippen molar-refractivity contribution in [2.45, 2.75) is 25.3 Å². The molecule has 14 heavy (non-hydrogen) atoms. The van der Waals surface area contributed by atoms with E-state index in [4.69, 9.17) is 10.7 Å². The van der Waals surface area contributed by atoms with E-state index >= 15 is 0 Å². The van der Waals surface area contributed by atoms with Crippen molar-refractivity contribution in [1.82, 2.24) is 4.31 Å². The molecule has 4 unspecified atom stereocenters. The number of amides is 1. The quantitative estimate of drug-likeness (QED) is 0.497. The molecule has 1 aliphatic heterocycles. The largest absolute Gasteiger partial charge is 0.324 e. The van der Waals surface area contributed by atoms with Crippen molar-refractivity contribution in [2.75, 3.05) is 0 Å². The van der Waals surface area contributed by atoms with E-state index in [0.29, 0.717) is 11.8 Å². The average molecular weight is 236 g/mol. The van der Waals surface area contributed by atoms with Crippen molar-refractivity contribution in [3.63, 3.8) is 0 Å². The van der Waals surface area contributed by atoms with Crippen LogP contribution in [-0.2, 0) is 14.0 Å². The van der Waals surface area contributed by atoms with Gasteiger partial charge in [-0.3, -0.25) is 4.79 Å². The van der Waals surface area contributed by atoms with Crippen molar-refractivity contribution in [1.29, 1.82) is 0 Å². The molecule has 4 atom stereocenters. The second-order valence-corrected chi connectivity index (χ2v) is 6.81. The van der Waals surface area contributed by atoms with E-state index in [1.54, 1.807) is 0 Å². The molecule has 0 spiro atoms. The van der Waals surface area contributed by atoms with Gasteiger partial charge in [0.1, 0.15) is 0 Å². The molecule has 4 nitrogen and oxygen atoms in total. The molecule has 0 radical (unpaired) electrons. The van der Waals surface area contributed by atoms with Gasteiger partial charge >= 0.3 is 9.24 Å². The molecule has 1 heterocycles. The van der Waals surface area contributed by atoms with E-state index < -0.39 is 9.24 Å². The third-order valence-electron chi connectivity index (χ3n) is 3.88. The first-order chi connectivity index (χ1) is 6.50. The molecule has 0 N–H and O–H groups in total. The minimum atomic E-state index is -3.84. The Hall–Kier alpha value is -0.290. The number of fused-ring (bicyclic) bond motifs is 5. The molecule has 1 amide bonds. The highest BCUT2D eigenvalue weighted by molar-refractivity contribution is 8.12. The molecule has 0 aromatic carbocycles. The number of β-lactam (4-membered cyclic amide) rings is 1. The maximum atomic E-state index is 11.5. The van der Waals surface area contributed by atoms with Crippen molar-refractivity contribution in [3.05, 3.63) is 0 Å². The Kier molecular flexibility index (Phi) is 1.57. The zero-order valence-corrected chi connectivity index (χ0v) is 8.96. The lowest BCUT2D eigenvalue weighted by Crippen LogP contribution is -2.63. The van der Waals surface area contributed by atoms with E-state index in [1.807, 2.05) is 0 Å². The van der Waals surface area contributed by atoms with Gasteiger partial charge in [-0.25, -0.2) is 4.31 Å². The molecule has 6 heteroatoms. The van der Waals surface area contributed by atoms with Gasteiger partial charge in [-0.05, 0) is 31.1 Å². The summed E-state index contributed by atoms with van der Waals surface area (Å²) < 4.78 is 23.1. The highest BCUT2D eigenvalue weighted by atomic mass is 35.7. The standard InChI is InChI=1S/C8H10ClNO3S/c9-14(12,13)10-7-5-2-1-4(3-5)6(7)8(10)11/h4-7H,1-3H2. The predicted octanol–water partition coefficient (Wildman–Crippen LogP) is 0.727. The summed E-state index contributed by atoms with van der Waals surface area (Å²) in [4.78, 5) is 11.5. The molecule has 2 bridgehead atoms. The maximum Gasteiger partial charge on any atom is 0.324 e. The van der Waals surface area contributed by atoms with Crippen LogP contribution in [0.15, 0.2) is 0 Å². The number of rotatable bonds is 1. The summed E-state index contributed by atoms with van der Waals surface area (Å²) in [7, 11) is 1.37. The van der Waals surface area contributed by atoms with Gasteiger partial charge in [0.15, 0.2) is 0 Å². The molecular weight excluding hydrogens is 226 g/mol. The van der Waals surface area contributed by atoms with Crippen LogP contribution in [0.5, 0.6) is 0 Å². The fourth-order valence-corrected chi connectivity index (χ4v) is 4.82. The smallest absolute Gasteiger partial charge is 0.273 e. The van der Waals surface area contributed by atoms with Gasteiger partial charge in [0, 0.05) is 10.7 Å². The number of hydrogen-bond donors (Lipinski definition) is 0. The van der Waals surface area contributed by atoms with Gasteiger partial charge in [-0.1, -0.05) is 0 Å². The Morgan fingerprint density at radius 3 is 2.57 bits per heavy atom. The number of carbonyl (C=O) groups is 1. The fraction of sp³-hybridized carbons (Fsp3) is 0.875. The second-order valence-electron chi connectivity index (χ2n) is 4.43. The van der Waals surface area contributed by atoms with Crippen LogP contribution in [0.3, 0.4) is 0 Å². The summed E-state index contributed by atoms with van der Waals surface area (Å²) in [5.41, 5.74) is 0. The van der Waals surface area contributed by atoms with Gasteiger partial charge in [0.25, 0.3) is 0 Å². The van der Waals surface area contributed by atoms with Gasteiger partial charge in [0.2, 0.25) is 5.91 Å². The topological polar surface area (TPSA) is 54.5 Å². The highest BCUT2D eigenvalue weighted by Crippen LogP contribution is 2.57. The number of halogens is 1. The number of nitrogens with zero attached hydrogens (tertiary/aromatic N) is 1. The summed E-state index contributed by atoms with van der Waals surface area (Å²) in [6.45, 7) is 0. The second kappa shape index (κ2) is 2.44. The van der Waals surface area contributed by atoms with Crippen LogP contribution in [0.25, 0.3) is 0 Å². The Morgan fingerprint density at radius 1 is 1.29 bits per heavy atom. The minimum Gasteiger partial charge on any atom is -0.273 e. The molecule has 3 rings (SSSR count). The maximum absolute atomic E-state index is 11.5. The van der Waals surface area contributed by atoms with E-state index in [9.17, 15) is 13.2 Å². The van der Waals surface area contributed by atoms with Crippen LogP contribution in [-0.4, -0.2) is 24.7 Å². The summed E-state index contributed by atoms with van der Waals surface area (Å²) in [5.74, 6) is 0.475. The predicted molar refractivity (Wildman–Crippen MR) is 49.7 cm³/mol. The summed E-state index contributed by atoms with van der Waals surface area (Å²) >= 11 is 0. The zero-order chi connectivity index (χ0) is 10.1. The molecule has 3 aliphatic rings. The number of hydrogen-bond acceptors (Lipinski definition) is 3. The fourth-order valence-electron chi connectivity index (χ4n) is 3.41. The molecule has 2 saturated carbocycles. The van der Waals surface area contributed by atoms with E-state index in [2.05, 4.69) is 0 Å². The Labute approximate surface area is 86.8 Å². The van der Waals surface area contributed by atoms with Gasteiger partial charge < -0.3 is 0 Å². The lowest BCUT2D eigenvalue weighted by molar-refractivity contribution is -0.149. The molecule has 1 saturated heterocycles. The molecule has 3 fully saturated rings. The van der Waals surface area contributed by atoms with Crippen molar-refractivity contribution in [3.8, 4) is 0 Å². The Balaban J connectivity index is 1.97. The first kappa shape index (κ1) is 8.97. The minimum absolute atomic E-state index is 0.0396. The lowest BCUT2D eigenvalue weighted by Gasteiger charge is -2.46. The molecule has 2 aliphatic carbocycles. The highest BCUT2D eigenvalue weighted by Gasteiger charge is 2.64. The van der Waals surface area contributed by atoms with Crippen molar-refractivity contribution in [2.24, 2.45) is 17.8 Å². The summed E-state index contributed by atoms with van der Waals surface area (Å²) in [6, 6.07) is -0.108. The molecular formula is C8H10ClNO3S. The Bertz CT molecular complexity index is 407. The van der Waals surface area contributed by atoms with Crippen LogP contribution in [0.1, 0.15) is 19.3 Å². The normalized spacial score (nSPS) is 45.2. The molecule has 0 aromatic heterocycles. The van der Waals surface area contributed by atoms with Gasteiger partial charge in [0.05, 0.1) is 12.0 Å². The third kappa shape index (κ3) is 0.896. The Morgan fingerprint density at radius 2 is 1.93 bits per heavy atom. The third-order valence-corrected chi connectivity index (χ3v) is 5.22. The van der Waals surface area contributed by atoms with Crippen LogP contribution < -0.4 is 0 Å². The first-order valence-electron chi connectivity index (χ1n) is 4.78. The summed E-state index contributed by atoms with van der Waals surface area (Å²) in [6.07, 6.45) is 3.12. The van der Waals surface area contributed by atoms with Crippen molar-refractivity contribution < 1.29 is 13.2 Å². The van der Waals surface area contributed by atoms with Gasteiger partial charge in [-0.15, -0.1) is 0 Å². The SMILES string of the molecule is O=C1C2C3CCC(C3)C2N1S(=O)(=O)Cl. The van der Waals surface area contributed by atoms with E-state index in [-0.39, 0.29) is 17.9 Å². The first-order valence-corrected chi connectivity index (χ1v) is 7.04. The van der Waals surface area contributed by atoms with Crippen LogP contribution in [0.4, 0.5) is 0 Å². The zero-order valence-electron chi connectivity index (χ0n) is 7.39. The van der Waals surface area contributed by atoms with Crippen LogP contribution >= 0.6 is 10.7 Å². The van der Waals surface area contributed by atoms with Gasteiger partial charge in [-0.2, -0.15) is 8.42 Å². The average Bonchev–Trinajstić information content (AvgIpc) is 2.55. The van der Waals surface area contributed by atoms with Crippen LogP contribution in [0.2, 0.25) is 0 Å². The van der Waals surface area contributed by atoms with Crippen molar-refractivity contribution >= 4 is 25.8 Å². The number of carbonyl (C=O) groups excluding carboxylic acids is 1.